The first kappa shape index (κ1) is 29.8. The number of rotatable bonds is 4. The van der Waals surface area contributed by atoms with Gasteiger partial charge >= 0.3 is 0 Å². The summed E-state index contributed by atoms with van der Waals surface area (Å²) in [6.45, 7) is 0. The summed E-state index contributed by atoms with van der Waals surface area (Å²) in [4.78, 5) is 0. The number of hydrogen-bond donors (Lipinski definition) is 0. The predicted octanol–water partition coefficient (Wildman–Crippen LogP) is 13.2. The van der Waals surface area contributed by atoms with Crippen LogP contribution in [-0.2, 0) is 5.41 Å². The van der Waals surface area contributed by atoms with Gasteiger partial charge in [-0.25, -0.2) is 0 Å². The Hall–Kier alpha value is -6.90. The minimum atomic E-state index is -0.558. The lowest BCUT2D eigenvalue weighted by atomic mass is 9.63. The Balaban J connectivity index is 1.10. The van der Waals surface area contributed by atoms with Crippen molar-refractivity contribution < 1.29 is 4.74 Å². The smallest absolute Gasteiger partial charge is 0.132 e. The molecule has 0 unspecified atom stereocenters. The molecule has 1 aliphatic rings. The van der Waals surface area contributed by atoms with Crippen molar-refractivity contribution >= 4 is 43.4 Å². The van der Waals surface area contributed by atoms with Crippen LogP contribution in [0.2, 0.25) is 0 Å². The summed E-state index contributed by atoms with van der Waals surface area (Å²) < 4.78 is 9.11. The molecule has 10 aromatic rings. The number of aromatic nitrogens is 1. The van der Waals surface area contributed by atoms with Gasteiger partial charge in [0.2, 0.25) is 0 Å². The second-order valence-electron chi connectivity index (χ2n) is 14.1. The van der Waals surface area contributed by atoms with E-state index in [2.05, 4.69) is 205 Å². The number of fused-ring (bicyclic) bond motifs is 7. The van der Waals surface area contributed by atoms with E-state index in [-0.39, 0.29) is 0 Å². The van der Waals surface area contributed by atoms with Crippen LogP contribution >= 0.6 is 0 Å². The van der Waals surface area contributed by atoms with Crippen molar-refractivity contribution in [2.24, 2.45) is 0 Å². The molecule has 0 N–H and O–H groups in total. The molecule has 2 heteroatoms. The largest absolute Gasteiger partial charge is 0.457 e. The van der Waals surface area contributed by atoms with E-state index in [0.29, 0.717) is 0 Å². The maximum atomic E-state index is 6.67. The predicted molar refractivity (Wildman–Crippen MR) is 220 cm³/mol. The zero-order valence-corrected chi connectivity index (χ0v) is 28.9. The highest BCUT2D eigenvalue weighted by Gasteiger charge is 2.45. The van der Waals surface area contributed by atoms with Gasteiger partial charge in [-0.3, -0.25) is 0 Å². The van der Waals surface area contributed by atoms with Crippen molar-refractivity contribution in [2.45, 2.75) is 5.41 Å². The maximum Gasteiger partial charge on any atom is 0.132 e. The molecule has 0 radical (unpaired) electrons. The highest BCUT2D eigenvalue weighted by atomic mass is 16.5. The Morgan fingerprint density at radius 3 is 1.42 bits per heavy atom. The fourth-order valence-electron chi connectivity index (χ4n) is 8.85. The molecule has 11 rings (SSSR count). The van der Waals surface area contributed by atoms with Crippen molar-refractivity contribution in [3.05, 3.63) is 222 Å². The van der Waals surface area contributed by atoms with Gasteiger partial charge in [0.15, 0.2) is 0 Å². The van der Waals surface area contributed by atoms with E-state index in [1.54, 1.807) is 0 Å². The molecule has 0 spiro atoms. The van der Waals surface area contributed by atoms with Crippen LogP contribution in [0.25, 0.3) is 60.2 Å². The van der Waals surface area contributed by atoms with Crippen molar-refractivity contribution in [1.29, 1.82) is 0 Å². The minimum Gasteiger partial charge on any atom is -0.457 e. The molecule has 0 aliphatic carbocycles. The van der Waals surface area contributed by atoms with Gasteiger partial charge in [-0.15, -0.1) is 0 Å². The number of nitrogens with zero attached hydrogens (tertiary/aromatic N) is 1. The number of benzene rings is 9. The van der Waals surface area contributed by atoms with Gasteiger partial charge in [-0.1, -0.05) is 146 Å². The fourth-order valence-corrected chi connectivity index (χ4v) is 8.85. The summed E-state index contributed by atoms with van der Waals surface area (Å²) in [5.74, 6) is 1.76. The Bertz CT molecular complexity index is 2880. The maximum absolute atomic E-state index is 6.67. The molecule has 0 bridgehead atoms. The Labute approximate surface area is 307 Å². The second-order valence-corrected chi connectivity index (χ2v) is 14.1. The van der Waals surface area contributed by atoms with Crippen LogP contribution in [0, 0.1) is 0 Å². The summed E-state index contributed by atoms with van der Waals surface area (Å²) >= 11 is 0. The van der Waals surface area contributed by atoms with Gasteiger partial charge in [0.1, 0.15) is 11.5 Å². The second kappa shape index (κ2) is 11.6. The molecule has 0 fully saturated rings. The lowest BCUT2D eigenvalue weighted by Gasteiger charge is -2.41. The van der Waals surface area contributed by atoms with E-state index in [4.69, 9.17) is 4.74 Å². The van der Waals surface area contributed by atoms with Crippen LogP contribution in [0.1, 0.15) is 22.3 Å². The molecule has 0 saturated carbocycles. The molecule has 9 aromatic carbocycles. The third-order valence-electron chi connectivity index (χ3n) is 11.3. The fraction of sp³-hybridized carbons (Fsp3) is 0.0196. The lowest BCUT2D eigenvalue weighted by Crippen LogP contribution is -2.34. The van der Waals surface area contributed by atoms with Crippen LogP contribution in [-0.4, -0.2) is 4.57 Å². The van der Waals surface area contributed by atoms with Gasteiger partial charge in [-0.2, -0.15) is 0 Å². The zero-order chi connectivity index (χ0) is 34.9. The summed E-state index contributed by atoms with van der Waals surface area (Å²) in [5.41, 5.74) is 10.00. The summed E-state index contributed by atoms with van der Waals surface area (Å²) in [6.07, 6.45) is 0. The van der Waals surface area contributed by atoms with Gasteiger partial charge < -0.3 is 9.30 Å². The molecule has 0 amide bonds. The molecule has 0 saturated heterocycles. The van der Waals surface area contributed by atoms with E-state index in [1.165, 1.54) is 54.5 Å². The third kappa shape index (κ3) is 4.46. The van der Waals surface area contributed by atoms with Gasteiger partial charge in [-0.05, 0) is 98.4 Å². The molecule has 2 heterocycles. The molecule has 2 nitrogen and oxygen atoms in total. The van der Waals surface area contributed by atoms with E-state index < -0.39 is 5.41 Å². The SMILES string of the molecule is c1ccc(C2(c3ccccc3)c3ccccc3Oc3ccc(-c4ccc(-n5c6cc7ccccc7cc6c6cc7ccccc7cc65)cc4)cc32)cc1. The Morgan fingerprint density at radius 1 is 0.358 bits per heavy atom. The van der Waals surface area contributed by atoms with Crippen LogP contribution in [0.4, 0.5) is 0 Å². The standard InChI is InChI=1S/C51H33NO/c1-3-17-40(18-4-1)51(41-19-5-2-6-20-41)45-21-11-12-22-49(45)53-50-28-25-39(31-46(50)51)34-23-26-42(27-24-34)52-47-32-37-15-9-7-13-35(37)29-43(47)44-30-36-14-8-10-16-38(36)33-48(44)52/h1-33H. The average Bonchev–Trinajstić information content (AvgIpc) is 3.53. The first-order valence-corrected chi connectivity index (χ1v) is 18.3. The molecular formula is C51H33NO. The Morgan fingerprint density at radius 2 is 0.830 bits per heavy atom. The lowest BCUT2D eigenvalue weighted by molar-refractivity contribution is 0.434. The highest BCUT2D eigenvalue weighted by Crippen LogP contribution is 2.55. The van der Waals surface area contributed by atoms with E-state index in [0.717, 1.165) is 39.4 Å². The molecule has 248 valence electrons. The van der Waals surface area contributed by atoms with E-state index in [9.17, 15) is 0 Å². The summed E-state index contributed by atoms with van der Waals surface area (Å²) in [6, 6.07) is 72.7. The van der Waals surface area contributed by atoms with Crippen LogP contribution < -0.4 is 4.74 Å². The van der Waals surface area contributed by atoms with Crippen LogP contribution in [0.15, 0.2) is 200 Å². The molecule has 1 aromatic heterocycles. The average molecular weight is 676 g/mol. The number of para-hydroxylation sites is 1. The third-order valence-corrected chi connectivity index (χ3v) is 11.3. The van der Waals surface area contributed by atoms with Crippen LogP contribution in [0.5, 0.6) is 11.5 Å². The first-order chi connectivity index (χ1) is 26.3. The highest BCUT2D eigenvalue weighted by molar-refractivity contribution is 6.16. The monoisotopic (exact) mass is 675 g/mol. The van der Waals surface area contributed by atoms with Crippen molar-refractivity contribution in [1.82, 2.24) is 4.57 Å². The van der Waals surface area contributed by atoms with Gasteiger partial charge in [0.05, 0.1) is 16.4 Å². The molecule has 53 heavy (non-hydrogen) atoms. The van der Waals surface area contributed by atoms with Crippen molar-refractivity contribution in [3.63, 3.8) is 0 Å². The van der Waals surface area contributed by atoms with Gasteiger partial charge in [0.25, 0.3) is 0 Å². The van der Waals surface area contributed by atoms with E-state index >= 15 is 0 Å². The topological polar surface area (TPSA) is 14.2 Å². The molecular weight excluding hydrogens is 643 g/mol. The normalized spacial score (nSPS) is 13.2. The Kier molecular flexibility index (Phi) is 6.50. The molecule has 0 atom stereocenters. The first-order valence-electron chi connectivity index (χ1n) is 18.3. The number of hydrogen-bond acceptors (Lipinski definition) is 1. The molecule has 1 aliphatic heterocycles. The van der Waals surface area contributed by atoms with Crippen LogP contribution in [0.3, 0.4) is 0 Å². The van der Waals surface area contributed by atoms with Crippen molar-refractivity contribution in [3.8, 4) is 28.3 Å². The summed E-state index contributed by atoms with van der Waals surface area (Å²) in [7, 11) is 0. The summed E-state index contributed by atoms with van der Waals surface area (Å²) in [5, 5.41) is 7.52. The van der Waals surface area contributed by atoms with E-state index in [1.807, 2.05) is 0 Å². The quantitative estimate of drug-likeness (QED) is 0.181. The zero-order valence-electron chi connectivity index (χ0n) is 28.9. The minimum absolute atomic E-state index is 0.558. The number of ether oxygens (including phenoxy) is 1. The van der Waals surface area contributed by atoms with Crippen molar-refractivity contribution in [2.75, 3.05) is 0 Å². The van der Waals surface area contributed by atoms with Gasteiger partial charge in [0, 0.05) is 27.6 Å².